The van der Waals surface area contributed by atoms with Crippen molar-refractivity contribution in [3.63, 3.8) is 0 Å². The normalized spacial score (nSPS) is 15.1. The van der Waals surface area contributed by atoms with Crippen molar-refractivity contribution in [3.8, 4) is 5.69 Å². The van der Waals surface area contributed by atoms with Crippen LogP contribution in [0.3, 0.4) is 0 Å². The molecule has 0 unspecified atom stereocenters. The molecule has 1 fully saturated rings. The number of aromatic nitrogens is 1. The van der Waals surface area contributed by atoms with E-state index in [0.717, 1.165) is 39.5 Å². The van der Waals surface area contributed by atoms with Gasteiger partial charge in [-0.25, -0.2) is 4.79 Å². The molecule has 3 aromatic rings. The summed E-state index contributed by atoms with van der Waals surface area (Å²) in [5.41, 5.74) is 6.93. The van der Waals surface area contributed by atoms with Crippen LogP contribution in [0.15, 0.2) is 53.4 Å². The van der Waals surface area contributed by atoms with E-state index in [1.54, 1.807) is 29.2 Å². The van der Waals surface area contributed by atoms with Gasteiger partial charge in [0.2, 0.25) is 0 Å². The van der Waals surface area contributed by atoms with Gasteiger partial charge in [0.15, 0.2) is 4.32 Å². The zero-order chi connectivity index (χ0) is 23.2. The van der Waals surface area contributed by atoms with Crippen LogP contribution in [0.4, 0.5) is 5.69 Å². The molecule has 0 aliphatic carbocycles. The Balaban J connectivity index is 1.69. The second-order valence-electron chi connectivity index (χ2n) is 7.82. The maximum Gasteiger partial charge on any atom is 0.335 e. The number of carbonyl (C=O) groups is 2. The lowest BCUT2D eigenvalue weighted by atomic mass is 10.1. The third-order valence-electron chi connectivity index (χ3n) is 5.52. The summed E-state index contributed by atoms with van der Waals surface area (Å²) in [6, 6.07) is 14.7. The molecule has 1 N–H and O–H groups in total. The predicted octanol–water partition coefficient (Wildman–Crippen LogP) is 5.81. The molecular weight excluding hydrogens is 440 g/mol. The van der Waals surface area contributed by atoms with E-state index >= 15 is 0 Å². The molecule has 1 aliphatic rings. The largest absolute Gasteiger partial charge is 0.478 e. The first-order chi connectivity index (χ1) is 15.2. The van der Waals surface area contributed by atoms with E-state index in [4.69, 9.17) is 17.3 Å². The Morgan fingerprint density at radius 3 is 2.34 bits per heavy atom. The average Bonchev–Trinajstić information content (AvgIpc) is 3.17. The molecule has 4 rings (SSSR count). The van der Waals surface area contributed by atoms with Crippen LogP contribution in [0.1, 0.15) is 38.4 Å². The van der Waals surface area contributed by atoms with Gasteiger partial charge in [0.25, 0.3) is 5.91 Å². The van der Waals surface area contributed by atoms with Gasteiger partial charge in [0.1, 0.15) is 0 Å². The Bertz CT molecular complexity index is 1300. The molecule has 162 valence electrons. The Kier molecular flexibility index (Phi) is 5.79. The number of benzene rings is 2. The molecule has 32 heavy (non-hydrogen) atoms. The number of nitrogens with zero attached hydrogens (tertiary/aromatic N) is 2. The summed E-state index contributed by atoms with van der Waals surface area (Å²) < 4.78 is 2.56. The Labute approximate surface area is 196 Å². The van der Waals surface area contributed by atoms with Crippen molar-refractivity contribution < 1.29 is 14.7 Å². The minimum atomic E-state index is -0.955. The number of carboxylic acid groups (broad SMARTS) is 1. The van der Waals surface area contributed by atoms with Crippen molar-refractivity contribution in [2.45, 2.75) is 27.7 Å². The lowest BCUT2D eigenvalue weighted by molar-refractivity contribution is -0.113. The first kappa shape index (κ1) is 22.0. The molecule has 1 saturated heterocycles. The molecule has 5 nitrogen and oxygen atoms in total. The van der Waals surface area contributed by atoms with Crippen LogP contribution in [0.5, 0.6) is 0 Å². The van der Waals surface area contributed by atoms with Crippen LogP contribution in [0.2, 0.25) is 0 Å². The highest BCUT2D eigenvalue weighted by Gasteiger charge is 2.34. The van der Waals surface area contributed by atoms with E-state index in [2.05, 4.69) is 0 Å². The third-order valence-corrected chi connectivity index (χ3v) is 6.82. The molecule has 0 atom stereocenters. The lowest BCUT2D eigenvalue weighted by Crippen LogP contribution is -2.28. The number of anilines is 1. The molecule has 1 aromatic heterocycles. The number of amides is 1. The topological polar surface area (TPSA) is 62.5 Å². The van der Waals surface area contributed by atoms with Gasteiger partial charge in [-0.15, -0.1) is 0 Å². The van der Waals surface area contributed by atoms with Gasteiger partial charge in [-0.1, -0.05) is 41.7 Å². The molecule has 2 aromatic carbocycles. The number of aryl methyl sites for hydroxylation is 3. The van der Waals surface area contributed by atoms with Crippen molar-refractivity contribution in [3.05, 3.63) is 87.1 Å². The SMILES string of the molecule is Cc1ccc(N2C(=O)/C(=C/c3cc(C)n(-c4ccc(C(=O)O)cc4)c3C)SC2=S)c(C)c1. The summed E-state index contributed by atoms with van der Waals surface area (Å²) in [4.78, 5) is 26.5. The third kappa shape index (κ3) is 3.89. The summed E-state index contributed by atoms with van der Waals surface area (Å²) >= 11 is 6.84. The zero-order valence-electron chi connectivity index (χ0n) is 18.2. The number of hydrogen-bond donors (Lipinski definition) is 1. The standard InChI is InChI=1S/C25H22N2O3S2/c1-14-5-10-21(15(2)11-14)27-23(28)22(32-25(27)31)13-19-12-16(3)26(17(19)4)20-8-6-18(7-9-20)24(29)30/h5-13H,1-4H3,(H,29,30)/b22-13-. The fraction of sp³-hybridized carbons (Fsp3) is 0.160. The van der Waals surface area contributed by atoms with Gasteiger partial charge >= 0.3 is 5.97 Å². The van der Waals surface area contributed by atoms with Crippen molar-refractivity contribution in [2.75, 3.05) is 4.90 Å². The molecule has 7 heteroatoms. The van der Waals surface area contributed by atoms with Crippen LogP contribution < -0.4 is 4.90 Å². The fourth-order valence-corrected chi connectivity index (χ4v) is 5.23. The number of aromatic carboxylic acids is 1. The van der Waals surface area contributed by atoms with Crippen molar-refractivity contribution >= 4 is 51.9 Å². The minimum absolute atomic E-state index is 0.123. The van der Waals surface area contributed by atoms with Gasteiger partial charge < -0.3 is 9.67 Å². The smallest absolute Gasteiger partial charge is 0.335 e. The summed E-state index contributed by atoms with van der Waals surface area (Å²) in [5, 5.41) is 9.14. The summed E-state index contributed by atoms with van der Waals surface area (Å²) in [7, 11) is 0. The Morgan fingerprint density at radius 2 is 1.72 bits per heavy atom. The quantitative estimate of drug-likeness (QED) is 0.391. The summed E-state index contributed by atoms with van der Waals surface area (Å²) in [6.45, 7) is 7.96. The number of rotatable bonds is 4. The molecule has 1 amide bonds. The molecule has 0 spiro atoms. The van der Waals surface area contributed by atoms with Crippen molar-refractivity contribution in [1.82, 2.24) is 4.57 Å². The van der Waals surface area contributed by atoms with E-state index in [0.29, 0.717) is 9.23 Å². The van der Waals surface area contributed by atoms with Crippen molar-refractivity contribution in [2.24, 2.45) is 0 Å². The number of carboxylic acids is 1. The second kappa shape index (κ2) is 8.41. The van der Waals surface area contributed by atoms with Gasteiger partial charge in [-0.05, 0) is 81.3 Å². The van der Waals surface area contributed by atoms with Crippen LogP contribution >= 0.6 is 24.0 Å². The lowest BCUT2D eigenvalue weighted by Gasteiger charge is -2.17. The van der Waals surface area contributed by atoms with Crippen LogP contribution in [0, 0.1) is 27.7 Å². The zero-order valence-corrected chi connectivity index (χ0v) is 19.8. The van der Waals surface area contributed by atoms with Crippen molar-refractivity contribution in [1.29, 1.82) is 0 Å². The second-order valence-corrected chi connectivity index (χ2v) is 9.50. The van der Waals surface area contributed by atoms with E-state index in [-0.39, 0.29) is 11.5 Å². The molecule has 0 saturated carbocycles. The predicted molar refractivity (Wildman–Crippen MR) is 134 cm³/mol. The van der Waals surface area contributed by atoms with E-state index in [1.165, 1.54) is 11.8 Å². The average molecular weight is 463 g/mol. The van der Waals surface area contributed by atoms with Gasteiger partial charge in [-0.3, -0.25) is 9.69 Å². The Morgan fingerprint density at radius 1 is 1.03 bits per heavy atom. The molecule has 2 heterocycles. The number of hydrogen-bond acceptors (Lipinski definition) is 4. The van der Waals surface area contributed by atoms with Gasteiger partial charge in [0.05, 0.1) is 16.2 Å². The molecule has 0 radical (unpaired) electrons. The summed E-state index contributed by atoms with van der Waals surface area (Å²) in [5.74, 6) is -1.08. The fourth-order valence-electron chi connectivity index (χ4n) is 3.96. The van der Waals surface area contributed by atoms with Crippen LogP contribution in [-0.2, 0) is 4.79 Å². The molecule has 1 aliphatic heterocycles. The summed E-state index contributed by atoms with van der Waals surface area (Å²) in [6.07, 6.45) is 1.88. The number of thiocarbonyl (C=S) groups is 1. The van der Waals surface area contributed by atoms with Gasteiger partial charge in [-0.2, -0.15) is 0 Å². The van der Waals surface area contributed by atoms with E-state index < -0.39 is 5.97 Å². The first-order valence-electron chi connectivity index (χ1n) is 10.0. The van der Waals surface area contributed by atoms with Gasteiger partial charge in [0, 0.05) is 17.1 Å². The highest BCUT2D eigenvalue weighted by molar-refractivity contribution is 8.27. The minimum Gasteiger partial charge on any atom is -0.478 e. The first-order valence-corrected chi connectivity index (χ1v) is 11.3. The van der Waals surface area contributed by atoms with Crippen LogP contribution in [0.25, 0.3) is 11.8 Å². The number of carbonyl (C=O) groups excluding carboxylic acids is 1. The highest BCUT2D eigenvalue weighted by Crippen LogP contribution is 2.38. The number of thioether (sulfide) groups is 1. The highest BCUT2D eigenvalue weighted by atomic mass is 32.2. The molecule has 0 bridgehead atoms. The van der Waals surface area contributed by atoms with E-state index in [9.17, 15) is 9.59 Å². The maximum absolute atomic E-state index is 13.2. The Hall–Kier alpha value is -3.16. The van der Waals surface area contributed by atoms with Crippen LogP contribution in [-0.4, -0.2) is 25.9 Å². The van der Waals surface area contributed by atoms with E-state index in [1.807, 2.05) is 62.6 Å². The monoisotopic (exact) mass is 462 g/mol. The molecular formula is C25H22N2O3S2. The maximum atomic E-state index is 13.2.